The molecular formula is C14H13FN4O. The van der Waals surface area contributed by atoms with Crippen molar-refractivity contribution in [2.75, 3.05) is 0 Å². The molecule has 20 heavy (non-hydrogen) atoms. The quantitative estimate of drug-likeness (QED) is 0.751. The summed E-state index contributed by atoms with van der Waals surface area (Å²) in [5.74, 6) is 0.806. The molecule has 1 fully saturated rings. The largest absolute Gasteiger partial charge is 0.435 e. The lowest BCUT2D eigenvalue weighted by Crippen LogP contribution is -2.44. The van der Waals surface area contributed by atoms with Gasteiger partial charge in [0.1, 0.15) is 22.9 Å². The first-order valence-corrected chi connectivity index (χ1v) is 6.55. The number of fused-ring (bicyclic) bond motifs is 1. The first-order valence-electron chi connectivity index (χ1n) is 6.55. The number of imidazole rings is 1. The monoisotopic (exact) mass is 272 g/mol. The standard InChI is InChI=1S/C14H13FN4O/c15-8-2-3-9-11(6-8)20-12(18-9)10-7-17-13(19-10)14(16)4-1-5-14/h2-3,6-7H,1,4-5,16H2,(H,17,19). The number of aromatic nitrogens is 3. The molecule has 1 aliphatic rings. The lowest BCUT2D eigenvalue weighted by molar-refractivity contribution is 0.240. The predicted octanol–water partition coefficient (Wildman–Crippen LogP) is 2.69. The van der Waals surface area contributed by atoms with Crippen LogP contribution < -0.4 is 5.73 Å². The van der Waals surface area contributed by atoms with Gasteiger partial charge in [0, 0.05) is 6.07 Å². The molecule has 102 valence electrons. The Morgan fingerprint density at radius 1 is 1.35 bits per heavy atom. The Kier molecular flexibility index (Phi) is 2.26. The van der Waals surface area contributed by atoms with Crippen LogP contribution in [0.2, 0.25) is 0 Å². The van der Waals surface area contributed by atoms with Crippen LogP contribution in [0.3, 0.4) is 0 Å². The normalized spacial score (nSPS) is 17.3. The van der Waals surface area contributed by atoms with E-state index in [0.717, 1.165) is 25.1 Å². The molecule has 1 saturated carbocycles. The highest BCUT2D eigenvalue weighted by atomic mass is 19.1. The summed E-state index contributed by atoms with van der Waals surface area (Å²) in [5.41, 5.74) is 7.56. The Labute approximate surface area is 114 Å². The number of aromatic amines is 1. The highest BCUT2D eigenvalue weighted by Crippen LogP contribution is 2.37. The molecule has 0 radical (unpaired) electrons. The Morgan fingerprint density at radius 3 is 2.95 bits per heavy atom. The fraction of sp³-hybridized carbons (Fsp3) is 0.286. The van der Waals surface area contributed by atoms with E-state index < -0.39 is 0 Å². The Bertz CT molecular complexity index is 787. The molecule has 2 heterocycles. The van der Waals surface area contributed by atoms with Gasteiger partial charge in [-0.1, -0.05) is 0 Å². The van der Waals surface area contributed by atoms with Crippen molar-refractivity contribution < 1.29 is 8.81 Å². The fourth-order valence-corrected chi connectivity index (χ4v) is 2.49. The molecule has 4 rings (SSSR count). The van der Waals surface area contributed by atoms with Crippen LogP contribution in [0, 0.1) is 5.82 Å². The molecule has 5 nitrogen and oxygen atoms in total. The summed E-state index contributed by atoms with van der Waals surface area (Å²) in [6.07, 6.45) is 4.63. The van der Waals surface area contributed by atoms with Gasteiger partial charge in [-0.05, 0) is 31.4 Å². The minimum atomic E-state index is -0.351. The minimum Gasteiger partial charge on any atom is -0.435 e. The van der Waals surface area contributed by atoms with Crippen molar-refractivity contribution in [2.24, 2.45) is 5.73 Å². The maximum absolute atomic E-state index is 13.1. The van der Waals surface area contributed by atoms with Gasteiger partial charge in [0.05, 0.1) is 11.7 Å². The Hall–Kier alpha value is -2.21. The minimum absolute atomic E-state index is 0.346. The number of nitrogens with two attached hydrogens (primary N) is 1. The molecule has 6 heteroatoms. The second-order valence-electron chi connectivity index (χ2n) is 5.29. The van der Waals surface area contributed by atoms with Crippen LogP contribution in [0.25, 0.3) is 22.7 Å². The van der Waals surface area contributed by atoms with Crippen LogP contribution >= 0.6 is 0 Å². The van der Waals surface area contributed by atoms with Crippen molar-refractivity contribution in [3.05, 3.63) is 36.0 Å². The van der Waals surface area contributed by atoms with Gasteiger partial charge in [0.25, 0.3) is 0 Å². The van der Waals surface area contributed by atoms with E-state index in [9.17, 15) is 4.39 Å². The summed E-state index contributed by atoms with van der Waals surface area (Å²) in [7, 11) is 0. The average molecular weight is 272 g/mol. The Balaban J connectivity index is 1.75. The van der Waals surface area contributed by atoms with Crippen molar-refractivity contribution in [1.29, 1.82) is 0 Å². The summed E-state index contributed by atoms with van der Waals surface area (Å²) in [6, 6.07) is 4.26. The maximum atomic E-state index is 13.1. The van der Waals surface area contributed by atoms with Crippen molar-refractivity contribution in [3.8, 4) is 11.6 Å². The van der Waals surface area contributed by atoms with Crippen LogP contribution in [-0.4, -0.2) is 15.0 Å². The molecule has 3 N–H and O–H groups in total. The molecule has 3 aromatic rings. The molecule has 0 amide bonds. The van der Waals surface area contributed by atoms with Crippen LogP contribution in [0.15, 0.2) is 28.8 Å². The van der Waals surface area contributed by atoms with Crippen LogP contribution in [0.5, 0.6) is 0 Å². The SMILES string of the molecule is NC1(c2ncc(-c3nc4ccc(F)cc4o3)[nH]2)CCC1. The van der Waals surface area contributed by atoms with Crippen molar-refractivity contribution in [1.82, 2.24) is 15.0 Å². The zero-order chi connectivity index (χ0) is 13.7. The van der Waals surface area contributed by atoms with E-state index in [1.165, 1.54) is 12.1 Å². The number of benzene rings is 1. The van der Waals surface area contributed by atoms with Gasteiger partial charge < -0.3 is 15.1 Å². The topological polar surface area (TPSA) is 80.7 Å². The van der Waals surface area contributed by atoms with E-state index >= 15 is 0 Å². The molecule has 2 aromatic heterocycles. The number of halogens is 1. The fourth-order valence-electron chi connectivity index (χ4n) is 2.49. The maximum Gasteiger partial charge on any atom is 0.245 e. The van der Waals surface area contributed by atoms with Crippen LogP contribution in [0.1, 0.15) is 25.1 Å². The third-order valence-corrected chi connectivity index (χ3v) is 3.87. The molecule has 0 aliphatic heterocycles. The number of hydrogen-bond acceptors (Lipinski definition) is 4. The van der Waals surface area contributed by atoms with E-state index in [2.05, 4.69) is 15.0 Å². The van der Waals surface area contributed by atoms with Gasteiger partial charge in [0.15, 0.2) is 5.58 Å². The van der Waals surface area contributed by atoms with E-state index in [4.69, 9.17) is 10.2 Å². The summed E-state index contributed by atoms with van der Waals surface area (Å²) in [6.45, 7) is 0. The number of nitrogens with one attached hydrogen (secondary N) is 1. The van der Waals surface area contributed by atoms with E-state index in [1.807, 2.05) is 0 Å². The third-order valence-electron chi connectivity index (χ3n) is 3.87. The highest BCUT2D eigenvalue weighted by molar-refractivity contribution is 5.75. The summed E-state index contributed by atoms with van der Waals surface area (Å²) in [4.78, 5) is 11.8. The first kappa shape index (κ1) is 11.6. The van der Waals surface area contributed by atoms with Gasteiger partial charge in [-0.3, -0.25) is 0 Å². The molecular weight excluding hydrogens is 259 g/mol. The molecule has 0 atom stereocenters. The summed E-state index contributed by atoms with van der Waals surface area (Å²) < 4.78 is 18.7. The molecule has 1 aromatic carbocycles. The third kappa shape index (κ3) is 1.65. The molecule has 0 bridgehead atoms. The van der Waals surface area contributed by atoms with Gasteiger partial charge >= 0.3 is 0 Å². The number of rotatable bonds is 2. The zero-order valence-corrected chi connectivity index (χ0v) is 10.7. The van der Waals surface area contributed by atoms with E-state index in [-0.39, 0.29) is 11.4 Å². The molecule has 0 saturated heterocycles. The van der Waals surface area contributed by atoms with Gasteiger partial charge in [-0.25, -0.2) is 14.4 Å². The van der Waals surface area contributed by atoms with Crippen molar-refractivity contribution in [3.63, 3.8) is 0 Å². The molecule has 0 unspecified atom stereocenters. The second kappa shape index (κ2) is 3.89. The van der Waals surface area contributed by atoms with E-state index in [0.29, 0.717) is 22.7 Å². The van der Waals surface area contributed by atoms with Crippen LogP contribution in [0.4, 0.5) is 4.39 Å². The number of hydrogen-bond donors (Lipinski definition) is 2. The number of nitrogens with zero attached hydrogens (tertiary/aromatic N) is 2. The molecule has 1 aliphatic carbocycles. The second-order valence-corrected chi connectivity index (χ2v) is 5.29. The van der Waals surface area contributed by atoms with Gasteiger partial charge in [-0.15, -0.1) is 0 Å². The zero-order valence-electron chi connectivity index (χ0n) is 10.7. The van der Waals surface area contributed by atoms with Crippen molar-refractivity contribution >= 4 is 11.1 Å². The lowest BCUT2D eigenvalue weighted by Gasteiger charge is -2.35. The molecule has 0 spiro atoms. The average Bonchev–Trinajstić information content (AvgIpc) is 3.01. The summed E-state index contributed by atoms with van der Waals surface area (Å²) in [5, 5.41) is 0. The van der Waals surface area contributed by atoms with Crippen molar-refractivity contribution in [2.45, 2.75) is 24.8 Å². The number of oxazole rings is 1. The smallest absolute Gasteiger partial charge is 0.245 e. The summed E-state index contributed by atoms with van der Waals surface area (Å²) >= 11 is 0. The van der Waals surface area contributed by atoms with Gasteiger partial charge in [0.2, 0.25) is 5.89 Å². The van der Waals surface area contributed by atoms with E-state index in [1.54, 1.807) is 12.3 Å². The Morgan fingerprint density at radius 2 is 2.20 bits per heavy atom. The van der Waals surface area contributed by atoms with Gasteiger partial charge in [-0.2, -0.15) is 0 Å². The lowest BCUT2D eigenvalue weighted by atomic mass is 9.77. The number of H-pyrrole nitrogens is 1. The predicted molar refractivity (Wildman–Crippen MR) is 71.3 cm³/mol. The highest BCUT2D eigenvalue weighted by Gasteiger charge is 2.37. The first-order chi connectivity index (χ1) is 9.64. The van der Waals surface area contributed by atoms with Crippen LogP contribution in [-0.2, 0) is 5.54 Å².